The van der Waals surface area contributed by atoms with Crippen LogP contribution in [0, 0.1) is 0 Å². The van der Waals surface area contributed by atoms with Gasteiger partial charge in [0, 0.05) is 38.5 Å². The van der Waals surface area contributed by atoms with Crippen LogP contribution >= 0.6 is 0 Å². The number of fused-ring (bicyclic) bond motifs is 1. The molecule has 0 saturated carbocycles. The number of aryl methyl sites for hydroxylation is 1. The van der Waals surface area contributed by atoms with E-state index >= 15 is 0 Å². The van der Waals surface area contributed by atoms with Crippen LogP contribution in [0.25, 0.3) is 0 Å². The van der Waals surface area contributed by atoms with Crippen LogP contribution in [-0.2, 0) is 20.7 Å². The van der Waals surface area contributed by atoms with Gasteiger partial charge in [-0.2, -0.15) is 0 Å². The van der Waals surface area contributed by atoms with Gasteiger partial charge in [0.2, 0.25) is 11.8 Å². The molecule has 3 aliphatic heterocycles. The predicted molar refractivity (Wildman–Crippen MR) is 107 cm³/mol. The highest BCUT2D eigenvalue weighted by Gasteiger charge is 2.51. The Bertz CT molecular complexity index is 761. The molecule has 4 rings (SSSR count). The molecule has 0 N–H and O–H groups in total. The van der Waals surface area contributed by atoms with Crippen LogP contribution < -0.4 is 0 Å². The predicted octanol–water partition coefficient (Wildman–Crippen LogP) is 2.05. The maximum absolute atomic E-state index is 12.6. The van der Waals surface area contributed by atoms with E-state index in [-0.39, 0.29) is 36.1 Å². The molecule has 3 aliphatic rings. The van der Waals surface area contributed by atoms with Gasteiger partial charge in [-0.1, -0.05) is 37.3 Å². The monoisotopic (exact) mass is 399 g/mol. The van der Waals surface area contributed by atoms with E-state index in [9.17, 15) is 14.4 Å². The summed E-state index contributed by atoms with van der Waals surface area (Å²) in [5.74, 6) is 0.281. The van der Waals surface area contributed by atoms with Crippen molar-refractivity contribution in [2.75, 3.05) is 26.2 Å². The van der Waals surface area contributed by atoms with Gasteiger partial charge in [-0.05, 0) is 24.8 Å². The maximum atomic E-state index is 12.6. The molecule has 156 valence electrons. The van der Waals surface area contributed by atoms with E-state index in [1.165, 1.54) is 5.56 Å². The van der Waals surface area contributed by atoms with Gasteiger partial charge in [-0.15, -0.1) is 0 Å². The minimum Gasteiger partial charge on any atom is -0.442 e. The standard InChI is InChI=1S/C22H29N3O4/c1-2-20(26)24-14-18-19(15-24)29-22(28)25(18)17-10-12-23(13-11-17)21(27)9-8-16-6-4-3-5-7-16/h3-7,17-19H,2,8-15H2,1H3/t18-,19+/m1/s1. The van der Waals surface area contributed by atoms with Crippen molar-refractivity contribution < 1.29 is 19.1 Å². The summed E-state index contributed by atoms with van der Waals surface area (Å²) in [4.78, 5) is 42.6. The number of nitrogens with zero attached hydrogens (tertiary/aromatic N) is 3. The van der Waals surface area contributed by atoms with Crippen molar-refractivity contribution in [1.29, 1.82) is 0 Å². The van der Waals surface area contributed by atoms with Gasteiger partial charge in [0.1, 0.15) is 6.10 Å². The van der Waals surface area contributed by atoms with E-state index in [0.717, 1.165) is 19.3 Å². The quantitative estimate of drug-likeness (QED) is 0.760. The van der Waals surface area contributed by atoms with E-state index in [1.54, 1.807) is 4.90 Å². The van der Waals surface area contributed by atoms with Gasteiger partial charge < -0.3 is 14.5 Å². The fourth-order valence-electron chi connectivity index (χ4n) is 4.76. The Kier molecular flexibility index (Phi) is 5.74. The molecule has 0 aromatic heterocycles. The second-order valence-corrected chi connectivity index (χ2v) is 8.15. The van der Waals surface area contributed by atoms with Crippen LogP contribution in [0.2, 0.25) is 0 Å². The first-order valence-electron chi connectivity index (χ1n) is 10.6. The highest BCUT2D eigenvalue weighted by atomic mass is 16.6. The summed E-state index contributed by atoms with van der Waals surface area (Å²) in [5, 5.41) is 0. The lowest BCUT2D eigenvalue weighted by Gasteiger charge is -2.37. The molecule has 7 nitrogen and oxygen atoms in total. The van der Waals surface area contributed by atoms with E-state index in [0.29, 0.717) is 39.0 Å². The SMILES string of the molecule is CCC(=O)N1C[C@@H]2OC(=O)N(C3CCN(C(=O)CCc4ccccc4)CC3)[C@@H]2C1. The second-order valence-electron chi connectivity index (χ2n) is 8.15. The first kappa shape index (κ1) is 19.7. The van der Waals surface area contributed by atoms with Crippen LogP contribution in [0.5, 0.6) is 0 Å². The van der Waals surface area contributed by atoms with Gasteiger partial charge in [0.05, 0.1) is 12.6 Å². The Morgan fingerprint density at radius 3 is 2.45 bits per heavy atom. The molecule has 3 heterocycles. The summed E-state index contributed by atoms with van der Waals surface area (Å²) >= 11 is 0. The third-order valence-electron chi connectivity index (χ3n) is 6.39. The molecular formula is C22H29N3O4. The highest BCUT2D eigenvalue weighted by Crippen LogP contribution is 2.32. The average molecular weight is 399 g/mol. The summed E-state index contributed by atoms with van der Waals surface area (Å²) in [6.45, 7) is 4.23. The molecule has 2 atom stereocenters. The molecule has 1 aromatic rings. The molecule has 0 unspecified atom stereocenters. The average Bonchev–Trinajstić information content (AvgIpc) is 3.29. The summed E-state index contributed by atoms with van der Waals surface area (Å²) < 4.78 is 5.55. The van der Waals surface area contributed by atoms with Crippen molar-refractivity contribution in [3.63, 3.8) is 0 Å². The summed E-state index contributed by atoms with van der Waals surface area (Å²) in [7, 11) is 0. The zero-order valence-electron chi connectivity index (χ0n) is 17.0. The fraction of sp³-hybridized carbons (Fsp3) is 0.591. The molecule has 3 amide bonds. The molecule has 0 bridgehead atoms. The summed E-state index contributed by atoms with van der Waals surface area (Å²) in [6, 6.07) is 10.1. The van der Waals surface area contributed by atoms with E-state index in [1.807, 2.05) is 47.1 Å². The number of carbonyl (C=O) groups is 3. The van der Waals surface area contributed by atoms with Crippen molar-refractivity contribution in [3.05, 3.63) is 35.9 Å². The minimum absolute atomic E-state index is 0.0525. The second kappa shape index (κ2) is 8.43. The molecule has 7 heteroatoms. The van der Waals surface area contributed by atoms with Crippen LogP contribution in [0.15, 0.2) is 30.3 Å². The Hall–Kier alpha value is -2.57. The lowest BCUT2D eigenvalue weighted by molar-refractivity contribution is -0.133. The Morgan fingerprint density at radius 2 is 1.76 bits per heavy atom. The van der Waals surface area contributed by atoms with Crippen molar-refractivity contribution >= 4 is 17.9 Å². The van der Waals surface area contributed by atoms with Crippen LogP contribution in [0.1, 0.15) is 38.2 Å². The smallest absolute Gasteiger partial charge is 0.410 e. The molecule has 0 radical (unpaired) electrons. The van der Waals surface area contributed by atoms with Gasteiger partial charge in [0.15, 0.2) is 0 Å². The van der Waals surface area contributed by atoms with Crippen LogP contribution in [0.3, 0.4) is 0 Å². The maximum Gasteiger partial charge on any atom is 0.410 e. The Balaban J connectivity index is 1.29. The molecule has 29 heavy (non-hydrogen) atoms. The number of hydrogen-bond acceptors (Lipinski definition) is 4. The third-order valence-corrected chi connectivity index (χ3v) is 6.39. The fourth-order valence-corrected chi connectivity index (χ4v) is 4.76. The molecular weight excluding hydrogens is 370 g/mol. The molecule has 0 spiro atoms. The van der Waals surface area contributed by atoms with Crippen molar-refractivity contribution in [3.8, 4) is 0 Å². The summed E-state index contributed by atoms with van der Waals surface area (Å²) in [5.41, 5.74) is 1.18. The number of benzene rings is 1. The van der Waals surface area contributed by atoms with E-state index in [2.05, 4.69) is 0 Å². The number of ether oxygens (including phenoxy) is 1. The Labute approximate surface area is 171 Å². The highest BCUT2D eigenvalue weighted by molar-refractivity contribution is 5.78. The van der Waals surface area contributed by atoms with Gasteiger partial charge >= 0.3 is 6.09 Å². The topological polar surface area (TPSA) is 70.2 Å². The number of amides is 3. The van der Waals surface area contributed by atoms with Crippen molar-refractivity contribution in [2.45, 2.75) is 57.2 Å². The van der Waals surface area contributed by atoms with Gasteiger partial charge in [0.25, 0.3) is 0 Å². The largest absolute Gasteiger partial charge is 0.442 e. The molecule has 3 fully saturated rings. The summed E-state index contributed by atoms with van der Waals surface area (Å²) in [6.07, 6.45) is 2.77. The third kappa shape index (κ3) is 4.09. The van der Waals surface area contributed by atoms with Crippen molar-refractivity contribution in [1.82, 2.24) is 14.7 Å². The number of rotatable bonds is 5. The minimum atomic E-state index is -0.266. The zero-order valence-corrected chi connectivity index (χ0v) is 17.0. The van der Waals surface area contributed by atoms with Gasteiger partial charge in [-0.25, -0.2) is 4.79 Å². The lowest BCUT2D eigenvalue weighted by Crippen LogP contribution is -2.51. The zero-order chi connectivity index (χ0) is 20.4. The molecule has 1 aromatic carbocycles. The van der Waals surface area contributed by atoms with Crippen molar-refractivity contribution in [2.24, 2.45) is 0 Å². The Morgan fingerprint density at radius 1 is 1.03 bits per heavy atom. The first-order valence-corrected chi connectivity index (χ1v) is 10.6. The number of carbonyl (C=O) groups excluding carboxylic acids is 3. The number of likely N-dealkylation sites (tertiary alicyclic amines) is 2. The first-order chi connectivity index (χ1) is 14.1. The molecule has 0 aliphatic carbocycles. The van der Waals surface area contributed by atoms with Gasteiger partial charge in [-0.3, -0.25) is 14.5 Å². The lowest BCUT2D eigenvalue weighted by atomic mass is 10.0. The van der Waals surface area contributed by atoms with E-state index in [4.69, 9.17) is 4.74 Å². The number of hydrogen-bond donors (Lipinski definition) is 0. The normalized spacial score (nSPS) is 24.6. The number of piperidine rings is 1. The molecule has 3 saturated heterocycles. The van der Waals surface area contributed by atoms with E-state index < -0.39 is 0 Å². The van der Waals surface area contributed by atoms with Crippen LogP contribution in [0.4, 0.5) is 4.79 Å². The van der Waals surface area contributed by atoms with Crippen LogP contribution in [-0.4, -0.2) is 77.0 Å².